The Bertz CT molecular complexity index is 367. The van der Waals surface area contributed by atoms with E-state index in [4.69, 9.17) is 5.11 Å². The van der Waals surface area contributed by atoms with Crippen LogP contribution >= 0.6 is 0 Å². The summed E-state index contributed by atoms with van der Waals surface area (Å²) in [6.07, 6.45) is 3.03. The lowest BCUT2D eigenvalue weighted by atomic mass is 9.85. The van der Waals surface area contributed by atoms with Crippen LogP contribution in [0.25, 0.3) is 0 Å². The van der Waals surface area contributed by atoms with Crippen molar-refractivity contribution in [1.29, 1.82) is 0 Å². The molecule has 0 spiro atoms. The Labute approximate surface area is 114 Å². The number of carbonyl (C=O) groups excluding carboxylic acids is 1. The van der Waals surface area contributed by atoms with Crippen molar-refractivity contribution in [3.8, 4) is 0 Å². The summed E-state index contributed by atoms with van der Waals surface area (Å²) in [4.78, 5) is 27.2. The van der Waals surface area contributed by atoms with Crippen LogP contribution in [0.15, 0.2) is 0 Å². The van der Waals surface area contributed by atoms with E-state index in [9.17, 15) is 9.59 Å². The third-order valence-corrected chi connectivity index (χ3v) is 4.34. The minimum Gasteiger partial charge on any atom is -0.481 e. The first-order chi connectivity index (χ1) is 8.80. The van der Waals surface area contributed by atoms with Crippen molar-refractivity contribution in [3.63, 3.8) is 0 Å². The molecular formula is C14H24N2O3. The van der Waals surface area contributed by atoms with E-state index in [1.807, 2.05) is 9.80 Å². The average Bonchev–Trinajstić information content (AvgIpc) is 2.71. The molecule has 0 aromatic rings. The second-order valence-electron chi connectivity index (χ2n) is 6.64. The lowest BCUT2D eigenvalue weighted by Gasteiger charge is -2.35. The topological polar surface area (TPSA) is 60.9 Å². The lowest BCUT2D eigenvalue weighted by Crippen LogP contribution is -2.47. The van der Waals surface area contributed by atoms with E-state index in [2.05, 4.69) is 20.8 Å². The van der Waals surface area contributed by atoms with Gasteiger partial charge in [0, 0.05) is 24.7 Å². The van der Waals surface area contributed by atoms with E-state index in [0.717, 1.165) is 25.9 Å². The van der Waals surface area contributed by atoms with Crippen LogP contribution in [0.3, 0.4) is 0 Å². The number of rotatable bonds is 2. The van der Waals surface area contributed by atoms with Crippen LogP contribution in [-0.2, 0) is 4.79 Å². The SMILES string of the molecule is CC(C)(C)N1CCN(C2CCC(C(=O)O)CC2)C1=O. The molecule has 2 rings (SSSR count). The molecular weight excluding hydrogens is 244 g/mol. The number of aliphatic carboxylic acids is 1. The second kappa shape index (κ2) is 5.02. The van der Waals surface area contributed by atoms with E-state index >= 15 is 0 Å². The van der Waals surface area contributed by atoms with Crippen LogP contribution in [-0.4, -0.2) is 51.6 Å². The van der Waals surface area contributed by atoms with Gasteiger partial charge in [0.1, 0.15) is 0 Å². The second-order valence-corrected chi connectivity index (χ2v) is 6.64. The van der Waals surface area contributed by atoms with Crippen LogP contribution in [0.5, 0.6) is 0 Å². The van der Waals surface area contributed by atoms with E-state index in [1.165, 1.54) is 0 Å². The van der Waals surface area contributed by atoms with Gasteiger partial charge in [0.15, 0.2) is 0 Å². The molecule has 1 saturated heterocycles. The molecule has 5 nitrogen and oxygen atoms in total. The molecule has 1 heterocycles. The van der Waals surface area contributed by atoms with E-state index in [0.29, 0.717) is 12.8 Å². The predicted octanol–water partition coefficient (Wildman–Crippen LogP) is 2.17. The summed E-state index contributed by atoms with van der Waals surface area (Å²) in [5, 5.41) is 9.00. The Balaban J connectivity index is 1.95. The molecule has 1 aliphatic heterocycles. The normalized spacial score (nSPS) is 28.9. The third-order valence-electron chi connectivity index (χ3n) is 4.34. The fourth-order valence-corrected chi connectivity index (χ4v) is 3.15. The van der Waals surface area contributed by atoms with Gasteiger partial charge in [-0.1, -0.05) is 0 Å². The maximum absolute atomic E-state index is 12.4. The summed E-state index contributed by atoms with van der Waals surface area (Å²) < 4.78 is 0. The van der Waals surface area contributed by atoms with Crippen molar-refractivity contribution < 1.29 is 14.7 Å². The van der Waals surface area contributed by atoms with Crippen LogP contribution < -0.4 is 0 Å². The van der Waals surface area contributed by atoms with Gasteiger partial charge in [0.05, 0.1) is 5.92 Å². The molecule has 1 saturated carbocycles. The van der Waals surface area contributed by atoms with Crippen LogP contribution in [0.2, 0.25) is 0 Å². The largest absolute Gasteiger partial charge is 0.481 e. The molecule has 2 aliphatic rings. The van der Waals surface area contributed by atoms with Crippen LogP contribution in [0.4, 0.5) is 4.79 Å². The van der Waals surface area contributed by atoms with Crippen LogP contribution in [0.1, 0.15) is 46.5 Å². The maximum atomic E-state index is 12.4. The van der Waals surface area contributed by atoms with Crippen molar-refractivity contribution in [3.05, 3.63) is 0 Å². The monoisotopic (exact) mass is 268 g/mol. The summed E-state index contributed by atoms with van der Waals surface area (Å²) in [6.45, 7) is 7.71. The fraction of sp³-hybridized carbons (Fsp3) is 0.857. The molecule has 0 bridgehead atoms. The molecule has 0 aromatic heterocycles. The van der Waals surface area contributed by atoms with E-state index in [-0.39, 0.29) is 23.5 Å². The highest BCUT2D eigenvalue weighted by atomic mass is 16.4. The molecule has 1 aliphatic carbocycles. The van der Waals surface area contributed by atoms with Gasteiger partial charge in [0.2, 0.25) is 0 Å². The molecule has 0 aromatic carbocycles. The third kappa shape index (κ3) is 2.85. The summed E-state index contributed by atoms with van der Waals surface area (Å²) in [6, 6.07) is 0.349. The van der Waals surface area contributed by atoms with Gasteiger partial charge in [-0.15, -0.1) is 0 Å². The first kappa shape index (κ1) is 14.2. The lowest BCUT2D eigenvalue weighted by molar-refractivity contribution is -0.143. The van der Waals surface area contributed by atoms with Crippen molar-refractivity contribution in [2.75, 3.05) is 13.1 Å². The number of carbonyl (C=O) groups is 2. The number of carboxylic acid groups (broad SMARTS) is 1. The summed E-state index contributed by atoms with van der Waals surface area (Å²) in [5.41, 5.74) is -0.135. The van der Waals surface area contributed by atoms with Gasteiger partial charge >= 0.3 is 12.0 Å². The zero-order valence-corrected chi connectivity index (χ0v) is 12.1. The zero-order valence-electron chi connectivity index (χ0n) is 12.1. The van der Waals surface area contributed by atoms with Crippen molar-refractivity contribution >= 4 is 12.0 Å². The summed E-state index contributed by atoms with van der Waals surface area (Å²) in [7, 11) is 0. The molecule has 108 valence electrons. The van der Waals surface area contributed by atoms with Gasteiger partial charge in [-0.3, -0.25) is 4.79 Å². The molecule has 5 heteroatoms. The van der Waals surface area contributed by atoms with Gasteiger partial charge < -0.3 is 14.9 Å². The Morgan fingerprint density at radius 3 is 2.16 bits per heavy atom. The van der Waals surface area contributed by atoms with Gasteiger partial charge in [0.25, 0.3) is 0 Å². The van der Waals surface area contributed by atoms with E-state index < -0.39 is 5.97 Å². The van der Waals surface area contributed by atoms with Crippen LogP contribution in [0, 0.1) is 5.92 Å². The van der Waals surface area contributed by atoms with Gasteiger partial charge in [-0.05, 0) is 46.5 Å². The van der Waals surface area contributed by atoms with Crippen molar-refractivity contribution in [2.24, 2.45) is 5.92 Å². The number of carboxylic acids is 1. The van der Waals surface area contributed by atoms with Crippen molar-refractivity contribution in [1.82, 2.24) is 9.80 Å². The quantitative estimate of drug-likeness (QED) is 0.835. The highest BCUT2D eigenvalue weighted by Gasteiger charge is 2.40. The van der Waals surface area contributed by atoms with Crippen molar-refractivity contribution in [2.45, 2.75) is 58.0 Å². The first-order valence-electron chi connectivity index (χ1n) is 7.11. The molecule has 0 unspecified atom stereocenters. The minimum absolute atomic E-state index is 0.117. The average molecular weight is 268 g/mol. The molecule has 1 N–H and O–H groups in total. The molecule has 19 heavy (non-hydrogen) atoms. The highest BCUT2D eigenvalue weighted by Crippen LogP contribution is 2.31. The van der Waals surface area contributed by atoms with E-state index in [1.54, 1.807) is 0 Å². The number of hydrogen-bond acceptors (Lipinski definition) is 2. The molecule has 0 radical (unpaired) electrons. The molecule has 2 fully saturated rings. The maximum Gasteiger partial charge on any atom is 0.320 e. The number of hydrogen-bond donors (Lipinski definition) is 1. The Morgan fingerprint density at radius 1 is 1.16 bits per heavy atom. The molecule has 0 atom stereocenters. The Hall–Kier alpha value is -1.26. The Morgan fingerprint density at radius 2 is 1.74 bits per heavy atom. The highest BCUT2D eigenvalue weighted by molar-refractivity contribution is 5.77. The summed E-state index contributed by atoms with van der Waals surface area (Å²) in [5.74, 6) is -0.907. The summed E-state index contributed by atoms with van der Waals surface area (Å²) >= 11 is 0. The van der Waals surface area contributed by atoms with Gasteiger partial charge in [-0.25, -0.2) is 4.79 Å². The molecule has 2 amide bonds. The zero-order chi connectivity index (χ0) is 14.2. The predicted molar refractivity (Wildman–Crippen MR) is 71.9 cm³/mol. The van der Waals surface area contributed by atoms with Gasteiger partial charge in [-0.2, -0.15) is 0 Å². The standard InChI is InChI=1S/C14H24N2O3/c1-14(2,3)16-9-8-15(13(16)19)11-6-4-10(5-7-11)12(17)18/h10-11H,4-9H2,1-3H3,(H,17,18). The smallest absolute Gasteiger partial charge is 0.320 e. The Kier molecular flexibility index (Phi) is 3.74. The minimum atomic E-state index is -0.692. The fourth-order valence-electron chi connectivity index (χ4n) is 3.15. The number of nitrogens with zero attached hydrogens (tertiary/aromatic N) is 2. The number of urea groups is 1. The first-order valence-corrected chi connectivity index (χ1v) is 7.11. The number of amides is 2.